The molecule has 0 aliphatic carbocycles. The Kier molecular flexibility index (Phi) is 11.7. The van der Waals surface area contributed by atoms with Gasteiger partial charge in [-0.15, -0.1) is 24.0 Å². The quantitative estimate of drug-likeness (QED) is 0.226. The smallest absolute Gasteiger partial charge is 0.226 e. The Labute approximate surface area is 185 Å². The first-order valence-electron chi connectivity index (χ1n) is 9.70. The van der Waals surface area contributed by atoms with Crippen LogP contribution in [0, 0.1) is 6.92 Å². The molecule has 0 radical (unpaired) electrons. The van der Waals surface area contributed by atoms with E-state index >= 15 is 0 Å². The van der Waals surface area contributed by atoms with E-state index in [9.17, 15) is 0 Å². The van der Waals surface area contributed by atoms with Crippen molar-refractivity contribution in [2.75, 3.05) is 33.2 Å². The van der Waals surface area contributed by atoms with Crippen molar-refractivity contribution in [1.29, 1.82) is 0 Å². The number of benzene rings is 1. The van der Waals surface area contributed by atoms with E-state index in [-0.39, 0.29) is 24.0 Å². The Morgan fingerprint density at radius 2 is 1.89 bits per heavy atom. The highest BCUT2D eigenvalue weighted by molar-refractivity contribution is 14.0. The van der Waals surface area contributed by atoms with Crippen molar-refractivity contribution in [3.05, 3.63) is 47.6 Å². The van der Waals surface area contributed by atoms with Crippen LogP contribution in [0.25, 0.3) is 0 Å². The number of rotatable bonds is 10. The summed E-state index contributed by atoms with van der Waals surface area (Å²) in [6.07, 6.45) is 1.66. The molecular formula is C20H33IN6O. The number of likely N-dealkylation sites (N-methyl/N-ethyl adjacent to an activating group) is 1. The standard InChI is InChI=1S/C20H32N6O.HI/c1-5-26(6-2)18(17-11-8-7-9-12-17)15-23-20(21-4)22-14-10-13-19-24-16(3)25-27-19;/h7-9,11-12,18H,5-6,10,13-15H2,1-4H3,(H2,21,22,23);1H. The first-order valence-corrected chi connectivity index (χ1v) is 9.70. The number of hydrogen-bond donors (Lipinski definition) is 2. The summed E-state index contributed by atoms with van der Waals surface area (Å²) in [5, 5.41) is 10.6. The summed E-state index contributed by atoms with van der Waals surface area (Å²) in [6.45, 7) is 9.84. The molecule has 2 aromatic rings. The molecule has 1 aromatic carbocycles. The molecule has 8 heteroatoms. The van der Waals surface area contributed by atoms with Crippen LogP contribution in [-0.2, 0) is 6.42 Å². The molecule has 0 fully saturated rings. The van der Waals surface area contributed by atoms with Gasteiger partial charge in [-0.3, -0.25) is 9.89 Å². The molecule has 28 heavy (non-hydrogen) atoms. The van der Waals surface area contributed by atoms with E-state index in [1.165, 1.54) is 5.56 Å². The molecular weight excluding hydrogens is 467 g/mol. The van der Waals surface area contributed by atoms with Crippen molar-refractivity contribution in [2.45, 2.75) is 39.7 Å². The maximum atomic E-state index is 5.14. The van der Waals surface area contributed by atoms with E-state index in [2.05, 4.69) is 74.8 Å². The molecule has 0 saturated carbocycles. The zero-order valence-corrected chi connectivity index (χ0v) is 19.6. The fourth-order valence-corrected chi connectivity index (χ4v) is 3.10. The summed E-state index contributed by atoms with van der Waals surface area (Å²) in [4.78, 5) is 11.0. The minimum absolute atomic E-state index is 0. The average Bonchev–Trinajstić information content (AvgIpc) is 3.12. The molecule has 2 N–H and O–H groups in total. The van der Waals surface area contributed by atoms with Crippen LogP contribution in [-0.4, -0.2) is 54.2 Å². The molecule has 0 bridgehead atoms. The second-order valence-corrected chi connectivity index (χ2v) is 6.37. The van der Waals surface area contributed by atoms with Crippen LogP contribution >= 0.6 is 24.0 Å². The molecule has 1 atom stereocenters. The largest absolute Gasteiger partial charge is 0.356 e. The van der Waals surface area contributed by atoms with Gasteiger partial charge in [0.15, 0.2) is 11.8 Å². The van der Waals surface area contributed by atoms with Gasteiger partial charge in [-0.25, -0.2) is 0 Å². The molecule has 1 heterocycles. The zero-order chi connectivity index (χ0) is 19.5. The van der Waals surface area contributed by atoms with Crippen LogP contribution in [0.5, 0.6) is 0 Å². The first kappa shape index (κ1) is 24.4. The van der Waals surface area contributed by atoms with Crippen molar-refractivity contribution < 1.29 is 4.52 Å². The third kappa shape index (κ3) is 7.75. The average molecular weight is 500 g/mol. The van der Waals surface area contributed by atoms with Crippen LogP contribution < -0.4 is 10.6 Å². The predicted octanol–water partition coefficient (Wildman–Crippen LogP) is 3.18. The number of aliphatic imine (C=N–C) groups is 1. The minimum atomic E-state index is 0. The lowest BCUT2D eigenvalue weighted by Crippen LogP contribution is -2.43. The second-order valence-electron chi connectivity index (χ2n) is 6.37. The van der Waals surface area contributed by atoms with E-state index in [1.807, 2.05) is 6.92 Å². The summed E-state index contributed by atoms with van der Waals surface area (Å²) in [7, 11) is 1.80. The Bertz CT molecular complexity index is 687. The second kappa shape index (κ2) is 13.5. The van der Waals surface area contributed by atoms with Gasteiger partial charge in [-0.2, -0.15) is 4.98 Å². The van der Waals surface area contributed by atoms with E-state index in [4.69, 9.17) is 4.52 Å². The Morgan fingerprint density at radius 1 is 1.18 bits per heavy atom. The molecule has 7 nitrogen and oxygen atoms in total. The molecule has 0 amide bonds. The van der Waals surface area contributed by atoms with Gasteiger partial charge in [-0.1, -0.05) is 49.3 Å². The first-order chi connectivity index (χ1) is 13.2. The van der Waals surface area contributed by atoms with Gasteiger partial charge in [0.1, 0.15) is 0 Å². The van der Waals surface area contributed by atoms with E-state index in [1.54, 1.807) is 7.05 Å². The molecule has 0 aliphatic rings. The highest BCUT2D eigenvalue weighted by atomic mass is 127. The molecule has 1 unspecified atom stereocenters. The van der Waals surface area contributed by atoms with Crippen molar-refractivity contribution in [3.63, 3.8) is 0 Å². The number of nitrogens with one attached hydrogen (secondary N) is 2. The number of hydrogen-bond acceptors (Lipinski definition) is 5. The number of aromatic nitrogens is 2. The highest BCUT2D eigenvalue weighted by Gasteiger charge is 2.18. The van der Waals surface area contributed by atoms with Crippen molar-refractivity contribution in [1.82, 2.24) is 25.7 Å². The number of guanidine groups is 1. The molecule has 0 spiro atoms. The SMILES string of the molecule is CCN(CC)C(CNC(=NC)NCCCc1nc(C)no1)c1ccccc1.I. The van der Waals surface area contributed by atoms with Gasteiger partial charge in [-0.05, 0) is 32.0 Å². The summed E-state index contributed by atoms with van der Waals surface area (Å²) in [6, 6.07) is 10.9. The topological polar surface area (TPSA) is 78.6 Å². The fraction of sp³-hybridized carbons (Fsp3) is 0.550. The maximum Gasteiger partial charge on any atom is 0.226 e. The maximum absolute atomic E-state index is 5.14. The van der Waals surface area contributed by atoms with Crippen LogP contribution in [0.1, 0.15) is 43.6 Å². The summed E-state index contributed by atoms with van der Waals surface area (Å²) >= 11 is 0. The molecule has 2 rings (SSSR count). The summed E-state index contributed by atoms with van der Waals surface area (Å²) < 4.78 is 5.14. The number of aryl methyl sites for hydroxylation is 2. The molecule has 0 saturated heterocycles. The Morgan fingerprint density at radius 3 is 2.46 bits per heavy atom. The third-order valence-corrected chi connectivity index (χ3v) is 4.55. The zero-order valence-electron chi connectivity index (χ0n) is 17.3. The fourth-order valence-electron chi connectivity index (χ4n) is 3.10. The summed E-state index contributed by atoms with van der Waals surface area (Å²) in [5.41, 5.74) is 1.32. The minimum Gasteiger partial charge on any atom is -0.356 e. The third-order valence-electron chi connectivity index (χ3n) is 4.55. The van der Waals surface area contributed by atoms with E-state index in [0.29, 0.717) is 17.8 Å². The highest BCUT2D eigenvalue weighted by Crippen LogP contribution is 2.19. The molecule has 0 aliphatic heterocycles. The van der Waals surface area contributed by atoms with Crippen molar-refractivity contribution in [2.24, 2.45) is 4.99 Å². The molecule has 1 aromatic heterocycles. The van der Waals surface area contributed by atoms with Crippen LogP contribution in [0.4, 0.5) is 0 Å². The normalized spacial score (nSPS) is 12.5. The lowest BCUT2D eigenvalue weighted by molar-refractivity contribution is 0.219. The van der Waals surface area contributed by atoms with Crippen LogP contribution in [0.15, 0.2) is 39.8 Å². The van der Waals surface area contributed by atoms with E-state index in [0.717, 1.165) is 45.0 Å². The predicted molar refractivity (Wildman–Crippen MR) is 124 cm³/mol. The van der Waals surface area contributed by atoms with Crippen molar-refractivity contribution in [3.8, 4) is 0 Å². The Hall–Kier alpha value is -1.68. The van der Waals surface area contributed by atoms with Crippen LogP contribution in [0.3, 0.4) is 0 Å². The van der Waals surface area contributed by atoms with E-state index < -0.39 is 0 Å². The van der Waals surface area contributed by atoms with Gasteiger partial charge in [0.2, 0.25) is 5.89 Å². The summed E-state index contributed by atoms with van der Waals surface area (Å²) in [5.74, 6) is 2.17. The van der Waals surface area contributed by atoms with Gasteiger partial charge in [0, 0.05) is 26.6 Å². The van der Waals surface area contributed by atoms with Crippen LogP contribution in [0.2, 0.25) is 0 Å². The van der Waals surface area contributed by atoms with Gasteiger partial charge >= 0.3 is 0 Å². The lowest BCUT2D eigenvalue weighted by Gasteiger charge is -2.30. The lowest BCUT2D eigenvalue weighted by atomic mass is 10.1. The van der Waals surface area contributed by atoms with Crippen molar-refractivity contribution >= 4 is 29.9 Å². The number of nitrogens with zero attached hydrogens (tertiary/aromatic N) is 4. The van der Waals surface area contributed by atoms with Gasteiger partial charge in [0.05, 0.1) is 6.04 Å². The Balaban J connectivity index is 0.00000392. The number of halogens is 1. The monoisotopic (exact) mass is 500 g/mol. The van der Waals surface area contributed by atoms with Gasteiger partial charge in [0.25, 0.3) is 0 Å². The van der Waals surface area contributed by atoms with Gasteiger partial charge < -0.3 is 15.2 Å². The molecule has 156 valence electrons.